The predicted molar refractivity (Wildman–Crippen MR) is 71.1 cm³/mol. The van der Waals surface area contributed by atoms with Gasteiger partial charge in [-0.15, -0.1) is 0 Å². The van der Waals surface area contributed by atoms with Gasteiger partial charge in [0.05, 0.1) is 25.7 Å². The van der Waals surface area contributed by atoms with Crippen molar-refractivity contribution < 1.29 is 19.4 Å². The molecule has 0 saturated carbocycles. The van der Waals surface area contributed by atoms with Gasteiger partial charge in [-0.25, -0.2) is 0 Å². The summed E-state index contributed by atoms with van der Waals surface area (Å²) in [6.07, 6.45) is 4.34. The average Bonchev–Trinajstić information content (AvgIpc) is 2.46. The fourth-order valence-electron chi connectivity index (χ4n) is 2.29. The van der Waals surface area contributed by atoms with E-state index in [0.29, 0.717) is 32.6 Å². The number of morpholine rings is 1. The molecule has 1 saturated heterocycles. The van der Waals surface area contributed by atoms with Gasteiger partial charge in [-0.1, -0.05) is 6.07 Å². The highest BCUT2D eigenvalue weighted by molar-refractivity contribution is 5.78. The van der Waals surface area contributed by atoms with Crippen LogP contribution < -0.4 is 0 Å². The van der Waals surface area contributed by atoms with Gasteiger partial charge in [-0.2, -0.15) is 0 Å². The Labute approximate surface area is 117 Å². The average molecular weight is 278 g/mol. The standard InChI is InChI=1S/C14H18N2O4/c17-13(4-3-11-2-1-5-15-9-11)16-6-7-20-10-12(16)8-14(18)19/h1-2,5,9,12H,3-4,6-8,10H2,(H,18,19). The Kier molecular flexibility index (Phi) is 5.06. The SMILES string of the molecule is O=C(O)CC1COCCN1C(=O)CCc1cccnc1. The number of ether oxygens (including phenoxy) is 1. The molecule has 0 bridgehead atoms. The monoisotopic (exact) mass is 278 g/mol. The normalized spacial score (nSPS) is 18.8. The van der Waals surface area contributed by atoms with Crippen molar-refractivity contribution in [2.75, 3.05) is 19.8 Å². The molecule has 20 heavy (non-hydrogen) atoms. The molecule has 1 N–H and O–H groups in total. The van der Waals surface area contributed by atoms with Crippen LogP contribution >= 0.6 is 0 Å². The largest absolute Gasteiger partial charge is 0.481 e. The van der Waals surface area contributed by atoms with Crippen LogP contribution in [0, 0.1) is 0 Å². The number of hydrogen-bond donors (Lipinski definition) is 1. The zero-order valence-electron chi connectivity index (χ0n) is 11.2. The van der Waals surface area contributed by atoms with Crippen molar-refractivity contribution in [3.63, 3.8) is 0 Å². The minimum atomic E-state index is -0.912. The van der Waals surface area contributed by atoms with Crippen LogP contribution in [0.4, 0.5) is 0 Å². The molecule has 0 aliphatic carbocycles. The Balaban J connectivity index is 1.90. The molecule has 1 aromatic heterocycles. The van der Waals surface area contributed by atoms with Crippen LogP contribution in [0.25, 0.3) is 0 Å². The van der Waals surface area contributed by atoms with Crippen LogP contribution in [0.2, 0.25) is 0 Å². The maximum Gasteiger partial charge on any atom is 0.305 e. The smallest absolute Gasteiger partial charge is 0.305 e. The molecule has 1 aliphatic heterocycles. The van der Waals surface area contributed by atoms with Gasteiger partial charge in [-0.05, 0) is 18.1 Å². The Hall–Kier alpha value is -1.95. The zero-order valence-corrected chi connectivity index (χ0v) is 11.2. The number of aromatic nitrogens is 1. The third-order valence-corrected chi connectivity index (χ3v) is 3.31. The first kappa shape index (κ1) is 14.5. The molecule has 0 aromatic carbocycles. The van der Waals surface area contributed by atoms with Crippen molar-refractivity contribution in [2.24, 2.45) is 0 Å². The van der Waals surface area contributed by atoms with E-state index in [-0.39, 0.29) is 18.4 Å². The second-order valence-corrected chi connectivity index (χ2v) is 4.78. The molecule has 108 valence electrons. The maximum absolute atomic E-state index is 12.2. The second kappa shape index (κ2) is 7.00. The number of aryl methyl sites for hydroxylation is 1. The van der Waals surface area contributed by atoms with E-state index >= 15 is 0 Å². The van der Waals surface area contributed by atoms with E-state index in [9.17, 15) is 9.59 Å². The van der Waals surface area contributed by atoms with Crippen LogP contribution in [-0.4, -0.2) is 52.7 Å². The van der Waals surface area contributed by atoms with Crippen molar-refractivity contribution in [3.05, 3.63) is 30.1 Å². The molecule has 6 heteroatoms. The summed E-state index contributed by atoms with van der Waals surface area (Å²) in [5, 5.41) is 8.87. The van der Waals surface area contributed by atoms with Crippen LogP contribution in [-0.2, 0) is 20.7 Å². The molecular weight excluding hydrogens is 260 g/mol. The van der Waals surface area contributed by atoms with Gasteiger partial charge >= 0.3 is 5.97 Å². The van der Waals surface area contributed by atoms with Gasteiger partial charge in [0, 0.05) is 25.4 Å². The fraction of sp³-hybridized carbons (Fsp3) is 0.500. The molecule has 1 amide bonds. The summed E-state index contributed by atoms with van der Waals surface area (Å²) < 4.78 is 5.26. The highest BCUT2D eigenvalue weighted by Gasteiger charge is 2.28. The number of hydrogen-bond acceptors (Lipinski definition) is 4. The Morgan fingerprint density at radius 3 is 3.05 bits per heavy atom. The molecule has 1 fully saturated rings. The first-order valence-electron chi connectivity index (χ1n) is 6.64. The Morgan fingerprint density at radius 2 is 2.35 bits per heavy atom. The Bertz CT molecular complexity index is 464. The molecule has 2 rings (SSSR count). The third kappa shape index (κ3) is 4.03. The van der Waals surface area contributed by atoms with Gasteiger partial charge in [0.2, 0.25) is 5.91 Å². The van der Waals surface area contributed by atoms with E-state index < -0.39 is 5.97 Å². The molecular formula is C14H18N2O4. The molecule has 0 spiro atoms. The van der Waals surface area contributed by atoms with Crippen molar-refractivity contribution in [2.45, 2.75) is 25.3 Å². The van der Waals surface area contributed by atoms with E-state index in [4.69, 9.17) is 9.84 Å². The van der Waals surface area contributed by atoms with Gasteiger partial charge in [-0.3, -0.25) is 14.6 Å². The number of aliphatic carboxylic acids is 1. The maximum atomic E-state index is 12.2. The molecule has 1 unspecified atom stereocenters. The highest BCUT2D eigenvalue weighted by Crippen LogP contribution is 2.13. The van der Waals surface area contributed by atoms with E-state index in [1.165, 1.54) is 0 Å². The second-order valence-electron chi connectivity index (χ2n) is 4.78. The van der Waals surface area contributed by atoms with Gasteiger partial charge in [0.25, 0.3) is 0 Å². The number of nitrogens with zero attached hydrogens (tertiary/aromatic N) is 2. The highest BCUT2D eigenvalue weighted by atomic mass is 16.5. The van der Waals surface area contributed by atoms with Gasteiger partial charge in [0.1, 0.15) is 0 Å². The van der Waals surface area contributed by atoms with Crippen LogP contribution in [0.15, 0.2) is 24.5 Å². The summed E-state index contributed by atoms with van der Waals surface area (Å²) in [6.45, 7) is 1.23. The van der Waals surface area contributed by atoms with Crippen molar-refractivity contribution in [3.8, 4) is 0 Å². The lowest BCUT2D eigenvalue weighted by Gasteiger charge is -2.35. The number of carbonyl (C=O) groups is 2. The lowest BCUT2D eigenvalue weighted by atomic mass is 10.1. The summed E-state index contributed by atoms with van der Waals surface area (Å²) in [5.41, 5.74) is 1.00. The van der Waals surface area contributed by atoms with Crippen LogP contribution in [0.5, 0.6) is 0 Å². The van der Waals surface area contributed by atoms with E-state index in [1.54, 1.807) is 17.3 Å². The number of carboxylic acid groups (broad SMARTS) is 1. The minimum Gasteiger partial charge on any atom is -0.481 e. The molecule has 2 heterocycles. The summed E-state index contributed by atoms with van der Waals surface area (Å²) in [7, 11) is 0. The number of carbonyl (C=O) groups excluding carboxylic acids is 1. The molecule has 1 aliphatic rings. The summed E-state index contributed by atoms with van der Waals surface area (Å²) in [4.78, 5) is 28.7. The first-order chi connectivity index (χ1) is 9.66. The molecule has 0 radical (unpaired) electrons. The summed E-state index contributed by atoms with van der Waals surface area (Å²) in [5.74, 6) is -0.936. The number of carboxylic acids is 1. The lowest BCUT2D eigenvalue weighted by molar-refractivity contribution is -0.146. The molecule has 6 nitrogen and oxygen atoms in total. The topological polar surface area (TPSA) is 79.7 Å². The zero-order chi connectivity index (χ0) is 14.4. The summed E-state index contributed by atoms with van der Waals surface area (Å²) >= 11 is 0. The van der Waals surface area contributed by atoms with E-state index in [2.05, 4.69) is 4.98 Å². The molecule has 1 aromatic rings. The Morgan fingerprint density at radius 1 is 1.50 bits per heavy atom. The van der Waals surface area contributed by atoms with Gasteiger partial charge < -0.3 is 14.7 Å². The number of rotatable bonds is 5. The lowest BCUT2D eigenvalue weighted by Crippen LogP contribution is -2.49. The fourth-order valence-corrected chi connectivity index (χ4v) is 2.29. The third-order valence-electron chi connectivity index (χ3n) is 3.31. The quantitative estimate of drug-likeness (QED) is 0.858. The first-order valence-corrected chi connectivity index (χ1v) is 6.64. The number of amides is 1. The number of pyridine rings is 1. The minimum absolute atomic E-state index is 0.0246. The molecule has 1 atom stereocenters. The predicted octanol–water partition coefficient (Wildman–Crippen LogP) is 0.716. The van der Waals surface area contributed by atoms with Gasteiger partial charge in [0.15, 0.2) is 0 Å². The van der Waals surface area contributed by atoms with Crippen LogP contribution in [0.1, 0.15) is 18.4 Å². The van der Waals surface area contributed by atoms with Crippen LogP contribution in [0.3, 0.4) is 0 Å². The van der Waals surface area contributed by atoms with Crippen molar-refractivity contribution >= 4 is 11.9 Å². The van der Waals surface area contributed by atoms with E-state index in [1.807, 2.05) is 12.1 Å². The summed E-state index contributed by atoms with van der Waals surface area (Å²) in [6, 6.07) is 3.40. The van der Waals surface area contributed by atoms with Crippen molar-refractivity contribution in [1.82, 2.24) is 9.88 Å². The van der Waals surface area contributed by atoms with Crippen molar-refractivity contribution in [1.29, 1.82) is 0 Å². The van der Waals surface area contributed by atoms with E-state index in [0.717, 1.165) is 5.56 Å².